The fourth-order valence-electron chi connectivity index (χ4n) is 1.52. The van der Waals surface area contributed by atoms with Crippen molar-refractivity contribution in [3.63, 3.8) is 0 Å². The predicted molar refractivity (Wildman–Crippen MR) is 80.6 cm³/mol. The molecule has 0 spiro atoms. The van der Waals surface area contributed by atoms with Crippen molar-refractivity contribution in [2.75, 3.05) is 19.7 Å². The third-order valence-electron chi connectivity index (χ3n) is 2.37. The summed E-state index contributed by atoms with van der Waals surface area (Å²) >= 11 is 10.6. The molecule has 0 bridgehead atoms. The molecule has 104 valence electrons. The van der Waals surface area contributed by atoms with Crippen molar-refractivity contribution in [3.8, 4) is 5.75 Å². The monoisotopic (exact) mass is 300 g/mol. The first-order valence-electron chi connectivity index (χ1n) is 5.97. The minimum atomic E-state index is -0.135. The molecule has 0 saturated heterocycles. The highest BCUT2D eigenvalue weighted by atomic mass is 35.5. The Hall–Kier alpha value is -1.33. The van der Waals surface area contributed by atoms with E-state index >= 15 is 0 Å². The Balaban J connectivity index is 2.51. The summed E-state index contributed by atoms with van der Waals surface area (Å²) in [6.07, 6.45) is 0.843. The summed E-state index contributed by atoms with van der Waals surface area (Å²) < 4.78 is 5.40. The molecule has 0 saturated carbocycles. The molecule has 0 radical (unpaired) electrons. The van der Waals surface area contributed by atoms with E-state index in [0.29, 0.717) is 22.3 Å². The van der Waals surface area contributed by atoms with E-state index in [1.807, 2.05) is 6.92 Å². The smallest absolute Gasteiger partial charge is 0.260 e. The van der Waals surface area contributed by atoms with Crippen molar-refractivity contribution in [1.82, 2.24) is 4.90 Å². The maximum Gasteiger partial charge on any atom is 0.260 e. The van der Waals surface area contributed by atoms with Crippen molar-refractivity contribution < 1.29 is 9.53 Å². The standard InChI is InChI=1S/C13H17ClN2O2S/c1-2-7-16(8-12(15)19)13(17)9-18-11-5-3-10(14)4-6-11/h3-6H,2,7-9H2,1H3,(H2,15,19). The maximum atomic E-state index is 12.0. The zero-order valence-electron chi connectivity index (χ0n) is 10.8. The lowest BCUT2D eigenvalue weighted by atomic mass is 10.3. The van der Waals surface area contributed by atoms with Gasteiger partial charge < -0.3 is 15.4 Å². The van der Waals surface area contributed by atoms with Gasteiger partial charge in [0.25, 0.3) is 5.91 Å². The molecule has 1 aromatic carbocycles. The normalized spacial score (nSPS) is 10.0. The van der Waals surface area contributed by atoms with Gasteiger partial charge in [0.2, 0.25) is 0 Å². The van der Waals surface area contributed by atoms with E-state index in [2.05, 4.69) is 0 Å². The number of amides is 1. The van der Waals surface area contributed by atoms with Gasteiger partial charge in [-0.25, -0.2) is 0 Å². The van der Waals surface area contributed by atoms with Crippen LogP contribution in [0.2, 0.25) is 5.02 Å². The number of thiocarbonyl (C=S) groups is 1. The number of halogens is 1. The van der Waals surface area contributed by atoms with Gasteiger partial charge in [0.15, 0.2) is 6.61 Å². The van der Waals surface area contributed by atoms with Crippen LogP contribution in [0.3, 0.4) is 0 Å². The molecule has 0 unspecified atom stereocenters. The number of hydrogen-bond acceptors (Lipinski definition) is 3. The van der Waals surface area contributed by atoms with Crippen LogP contribution in [0.5, 0.6) is 5.75 Å². The van der Waals surface area contributed by atoms with Crippen LogP contribution >= 0.6 is 23.8 Å². The molecular formula is C13H17ClN2O2S. The van der Waals surface area contributed by atoms with E-state index in [9.17, 15) is 4.79 Å². The highest BCUT2D eigenvalue weighted by molar-refractivity contribution is 7.80. The van der Waals surface area contributed by atoms with Gasteiger partial charge in [-0.2, -0.15) is 0 Å². The minimum Gasteiger partial charge on any atom is -0.484 e. The van der Waals surface area contributed by atoms with E-state index in [1.54, 1.807) is 29.2 Å². The third kappa shape index (κ3) is 5.89. The van der Waals surface area contributed by atoms with Gasteiger partial charge in [0.1, 0.15) is 5.75 Å². The summed E-state index contributed by atoms with van der Waals surface area (Å²) in [5, 5.41) is 0.625. The molecule has 0 aliphatic heterocycles. The first kappa shape index (κ1) is 15.7. The van der Waals surface area contributed by atoms with Gasteiger partial charge in [0.05, 0.1) is 11.5 Å². The first-order chi connectivity index (χ1) is 9.02. The second-order valence-corrected chi connectivity index (χ2v) is 4.99. The van der Waals surface area contributed by atoms with Crippen LogP contribution in [0.15, 0.2) is 24.3 Å². The average Bonchev–Trinajstić information content (AvgIpc) is 2.37. The number of rotatable bonds is 7. The lowest BCUT2D eigenvalue weighted by Crippen LogP contribution is -2.40. The Morgan fingerprint density at radius 2 is 2.05 bits per heavy atom. The topological polar surface area (TPSA) is 55.6 Å². The Labute approximate surface area is 123 Å². The fourth-order valence-corrected chi connectivity index (χ4v) is 1.80. The van der Waals surface area contributed by atoms with Crippen molar-refractivity contribution >= 4 is 34.7 Å². The Bertz CT molecular complexity index is 437. The van der Waals surface area contributed by atoms with Crippen molar-refractivity contribution in [2.45, 2.75) is 13.3 Å². The second-order valence-electron chi connectivity index (χ2n) is 4.02. The van der Waals surface area contributed by atoms with Crippen molar-refractivity contribution in [2.24, 2.45) is 5.73 Å². The van der Waals surface area contributed by atoms with Crippen LogP contribution in [0, 0.1) is 0 Å². The van der Waals surface area contributed by atoms with E-state index in [0.717, 1.165) is 6.42 Å². The maximum absolute atomic E-state index is 12.0. The van der Waals surface area contributed by atoms with Gasteiger partial charge >= 0.3 is 0 Å². The molecule has 1 amide bonds. The number of benzene rings is 1. The van der Waals surface area contributed by atoms with Gasteiger partial charge in [-0.1, -0.05) is 30.7 Å². The molecule has 4 nitrogen and oxygen atoms in total. The second kappa shape index (κ2) is 7.96. The average molecular weight is 301 g/mol. The van der Waals surface area contributed by atoms with E-state index in [4.69, 9.17) is 34.3 Å². The molecule has 1 rings (SSSR count). The van der Waals surface area contributed by atoms with E-state index in [1.165, 1.54) is 0 Å². The summed E-state index contributed by atoms with van der Waals surface area (Å²) in [4.78, 5) is 13.9. The largest absolute Gasteiger partial charge is 0.484 e. The zero-order chi connectivity index (χ0) is 14.3. The molecule has 0 heterocycles. The molecule has 0 fully saturated rings. The Morgan fingerprint density at radius 3 is 2.58 bits per heavy atom. The molecule has 0 atom stereocenters. The van der Waals surface area contributed by atoms with E-state index < -0.39 is 0 Å². The SMILES string of the molecule is CCCN(CC(N)=S)C(=O)COc1ccc(Cl)cc1. The summed E-state index contributed by atoms with van der Waals surface area (Å²) in [5.41, 5.74) is 5.47. The van der Waals surface area contributed by atoms with Crippen LogP contribution in [-0.2, 0) is 4.79 Å². The summed E-state index contributed by atoms with van der Waals surface area (Å²) in [6.45, 7) is 2.84. The van der Waals surface area contributed by atoms with Gasteiger partial charge in [0, 0.05) is 11.6 Å². The van der Waals surface area contributed by atoms with Crippen molar-refractivity contribution in [1.29, 1.82) is 0 Å². The number of ether oxygens (including phenoxy) is 1. The fraction of sp³-hybridized carbons (Fsp3) is 0.385. The molecule has 1 aromatic rings. The Kier molecular flexibility index (Phi) is 6.59. The van der Waals surface area contributed by atoms with Gasteiger partial charge in [-0.15, -0.1) is 0 Å². The highest BCUT2D eigenvalue weighted by Gasteiger charge is 2.14. The van der Waals surface area contributed by atoms with Crippen LogP contribution < -0.4 is 10.5 Å². The summed E-state index contributed by atoms with van der Waals surface area (Å²) in [6, 6.07) is 6.85. The third-order valence-corrected chi connectivity index (χ3v) is 2.75. The molecule has 0 aromatic heterocycles. The van der Waals surface area contributed by atoms with Crippen LogP contribution in [0.4, 0.5) is 0 Å². The number of nitrogens with zero attached hydrogens (tertiary/aromatic N) is 1. The van der Waals surface area contributed by atoms with E-state index in [-0.39, 0.29) is 19.1 Å². The Morgan fingerprint density at radius 1 is 1.42 bits per heavy atom. The quantitative estimate of drug-likeness (QED) is 0.785. The molecule has 0 aliphatic carbocycles. The van der Waals surface area contributed by atoms with Crippen LogP contribution in [-0.4, -0.2) is 35.5 Å². The van der Waals surface area contributed by atoms with Crippen LogP contribution in [0.1, 0.15) is 13.3 Å². The van der Waals surface area contributed by atoms with Crippen molar-refractivity contribution in [3.05, 3.63) is 29.3 Å². The van der Waals surface area contributed by atoms with Crippen LogP contribution in [0.25, 0.3) is 0 Å². The molecule has 0 aliphatic rings. The lowest BCUT2D eigenvalue weighted by Gasteiger charge is -2.21. The molecular weight excluding hydrogens is 284 g/mol. The number of nitrogens with two attached hydrogens (primary N) is 1. The summed E-state index contributed by atoms with van der Waals surface area (Å²) in [7, 11) is 0. The first-order valence-corrected chi connectivity index (χ1v) is 6.76. The minimum absolute atomic E-state index is 0.0375. The molecule has 19 heavy (non-hydrogen) atoms. The van der Waals surface area contributed by atoms with Gasteiger partial charge in [-0.05, 0) is 30.7 Å². The molecule has 6 heteroatoms. The number of hydrogen-bond donors (Lipinski definition) is 1. The number of carbonyl (C=O) groups is 1. The van der Waals surface area contributed by atoms with Gasteiger partial charge in [-0.3, -0.25) is 4.79 Å². The predicted octanol–water partition coefficient (Wildman–Crippen LogP) is 2.24. The summed E-state index contributed by atoms with van der Waals surface area (Å²) in [5.74, 6) is 0.467. The molecule has 2 N–H and O–H groups in total. The lowest BCUT2D eigenvalue weighted by molar-refractivity contribution is -0.132. The number of carbonyl (C=O) groups excluding carboxylic acids is 1. The highest BCUT2D eigenvalue weighted by Crippen LogP contribution is 2.15. The zero-order valence-corrected chi connectivity index (χ0v) is 12.3.